The molecule has 1 aliphatic rings. The number of amides is 1. The number of hydrogen-bond acceptors (Lipinski definition) is 6. The average molecular weight is 442 g/mol. The number of halogens is 1. The molecule has 3 heterocycles. The molecule has 2 aromatic carbocycles. The van der Waals surface area contributed by atoms with Crippen LogP contribution >= 0.6 is 0 Å². The molecule has 33 heavy (non-hydrogen) atoms. The number of nitrogens with two attached hydrogens (primary N) is 1. The zero-order valence-electron chi connectivity index (χ0n) is 18.1. The summed E-state index contributed by atoms with van der Waals surface area (Å²) in [5.41, 5.74) is 9.45. The molecule has 1 atom stereocenters. The second-order valence-electron chi connectivity index (χ2n) is 8.14. The molecule has 7 nitrogen and oxygen atoms in total. The second-order valence-corrected chi connectivity index (χ2v) is 8.14. The van der Waals surface area contributed by atoms with Crippen molar-refractivity contribution >= 4 is 28.7 Å². The van der Waals surface area contributed by atoms with Gasteiger partial charge in [-0.1, -0.05) is 18.2 Å². The van der Waals surface area contributed by atoms with Gasteiger partial charge >= 0.3 is 0 Å². The third-order valence-corrected chi connectivity index (χ3v) is 5.89. The summed E-state index contributed by atoms with van der Waals surface area (Å²) >= 11 is 0. The van der Waals surface area contributed by atoms with Gasteiger partial charge in [-0.3, -0.25) is 4.79 Å². The standard InChI is InChI=1S/C25H23FN6O/c1-16-15-31(24(33)18-5-3-2-4-6-18)13-14-32(16)23-22-21(29-25(27)30-23)12-11-20(28-22)17-7-9-19(26)10-8-17/h2-12,16H,13-15H2,1H3,(H2,27,29,30). The maximum atomic E-state index is 13.4. The van der Waals surface area contributed by atoms with Gasteiger partial charge in [0.1, 0.15) is 11.3 Å². The first-order valence-electron chi connectivity index (χ1n) is 10.8. The van der Waals surface area contributed by atoms with Gasteiger partial charge in [-0.25, -0.2) is 14.4 Å². The lowest BCUT2D eigenvalue weighted by molar-refractivity contribution is 0.0726. The van der Waals surface area contributed by atoms with Crippen molar-refractivity contribution in [3.05, 3.63) is 78.1 Å². The molecule has 2 aromatic heterocycles. The predicted octanol–water partition coefficient (Wildman–Crippen LogP) is 3.76. The topological polar surface area (TPSA) is 88.2 Å². The van der Waals surface area contributed by atoms with Gasteiger partial charge in [-0.2, -0.15) is 4.98 Å². The number of hydrogen-bond donors (Lipinski definition) is 1. The SMILES string of the molecule is CC1CN(C(=O)c2ccccc2)CCN1c1nc(N)nc2ccc(-c3ccc(F)cc3)nc12. The minimum absolute atomic E-state index is 0.000175. The smallest absolute Gasteiger partial charge is 0.253 e. The maximum Gasteiger partial charge on any atom is 0.253 e. The number of rotatable bonds is 3. The van der Waals surface area contributed by atoms with Crippen molar-refractivity contribution < 1.29 is 9.18 Å². The Kier molecular flexibility index (Phi) is 5.34. The van der Waals surface area contributed by atoms with E-state index in [2.05, 4.69) is 21.8 Å². The fourth-order valence-electron chi connectivity index (χ4n) is 4.22. The molecular weight excluding hydrogens is 419 g/mol. The molecule has 166 valence electrons. The van der Waals surface area contributed by atoms with E-state index in [1.165, 1.54) is 12.1 Å². The molecule has 1 amide bonds. The van der Waals surface area contributed by atoms with Crippen molar-refractivity contribution in [2.75, 3.05) is 30.3 Å². The van der Waals surface area contributed by atoms with Crippen molar-refractivity contribution in [3.63, 3.8) is 0 Å². The fourth-order valence-corrected chi connectivity index (χ4v) is 4.22. The number of anilines is 2. The molecule has 0 aliphatic carbocycles. The molecule has 2 N–H and O–H groups in total. The van der Waals surface area contributed by atoms with Crippen LogP contribution in [0.4, 0.5) is 16.2 Å². The van der Waals surface area contributed by atoms with Gasteiger partial charge in [-0.05, 0) is 55.5 Å². The van der Waals surface area contributed by atoms with Crippen LogP contribution in [0.1, 0.15) is 17.3 Å². The molecule has 4 aromatic rings. The zero-order valence-corrected chi connectivity index (χ0v) is 18.1. The number of nitrogen functional groups attached to an aromatic ring is 1. The first-order valence-corrected chi connectivity index (χ1v) is 10.8. The molecule has 8 heteroatoms. The predicted molar refractivity (Wildman–Crippen MR) is 126 cm³/mol. The van der Waals surface area contributed by atoms with Crippen molar-refractivity contribution in [1.29, 1.82) is 0 Å². The van der Waals surface area contributed by atoms with E-state index in [0.717, 1.165) is 5.56 Å². The zero-order chi connectivity index (χ0) is 22.9. The summed E-state index contributed by atoms with van der Waals surface area (Å²) < 4.78 is 13.4. The van der Waals surface area contributed by atoms with Gasteiger partial charge in [0.15, 0.2) is 5.82 Å². The van der Waals surface area contributed by atoms with E-state index < -0.39 is 0 Å². The molecule has 5 rings (SSSR count). The summed E-state index contributed by atoms with van der Waals surface area (Å²) in [4.78, 5) is 30.5. The third kappa shape index (κ3) is 4.07. The van der Waals surface area contributed by atoms with Crippen LogP contribution in [0.2, 0.25) is 0 Å². The van der Waals surface area contributed by atoms with Crippen LogP contribution in [0.3, 0.4) is 0 Å². The van der Waals surface area contributed by atoms with Crippen LogP contribution in [-0.2, 0) is 0 Å². The Labute approximate surface area is 190 Å². The molecule has 1 aliphatic heterocycles. The quantitative estimate of drug-likeness (QED) is 0.520. The van der Waals surface area contributed by atoms with Gasteiger partial charge in [0.25, 0.3) is 5.91 Å². The molecular formula is C25H23FN6O. The highest BCUT2D eigenvalue weighted by Crippen LogP contribution is 2.29. The van der Waals surface area contributed by atoms with Gasteiger partial charge < -0.3 is 15.5 Å². The average Bonchev–Trinajstić information content (AvgIpc) is 2.84. The maximum absolute atomic E-state index is 13.4. The number of aromatic nitrogens is 3. The molecule has 1 fully saturated rings. The molecule has 0 bridgehead atoms. The molecule has 0 saturated carbocycles. The highest BCUT2D eigenvalue weighted by atomic mass is 19.1. The second kappa shape index (κ2) is 8.46. The first-order chi connectivity index (χ1) is 16.0. The Morgan fingerprint density at radius 1 is 0.970 bits per heavy atom. The number of piperazine rings is 1. The molecule has 1 saturated heterocycles. The highest BCUT2D eigenvalue weighted by molar-refractivity contribution is 5.94. The Hall–Kier alpha value is -4.07. The summed E-state index contributed by atoms with van der Waals surface area (Å²) in [6.07, 6.45) is 0. The van der Waals surface area contributed by atoms with Gasteiger partial charge in [0.2, 0.25) is 5.95 Å². The van der Waals surface area contributed by atoms with Gasteiger partial charge in [0, 0.05) is 36.8 Å². The molecule has 1 unspecified atom stereocenters. The summed E-state index contributed by atoms with van der Waals surface area (Å²) in [5.74, 6) is 0.531. The number of carbonyl (C=O) groups excluding carboxylic acids is 1. The Bertz CT molecular complexity index is 1310. The normalized spacial score (nSPS) is 16.2. The van der Waals surface area contributed by atoms with Crippen molar-refractivity contribution in [2.24, 2.45) is 0 Å². The summed E-state index contributed by atoms with van der Waals surface area (Å²) in [7, 11) is 0. The van der Waals surface area contributed by atoms with E-state index in [-0.39, 0.29) is 23.7 Å². The van der Waals surface area contributed by atoms with Crippen LogP contribution in [0.15, 0.2) is 66.7 Å². The van der Waals surface area contributed by atoms with Gasteiger partial charge in [0.05, 0.1) is 11.2 Å². The van der Waals surface area contributed by atoms with Crippen LogP contribution in [0, 0.1) is 5.82 Å². The summed E-state index contributed by atoms with van der Waals surface area (Å²) in [6, 6.07) is 19.2. The number of benzene rings is 2. The molecule has 0 radical (unpaired) electrons. The lowest BCUT2D eigenvalue weighted by atomic mass is 10.1. The fraction of sp³-hybridized carbons (Fsp3) is 0.200. The van der Waals surface area contributed by atoms with Crippen molar-refractivity contribution in [1.82, 2.24) is 19.9 Å². The minimum atomic E-state index is -0.298. The van der Waals surface area contributed by atoms with E-state index in [0.29, 0.717) is 47.7 Å². The number of nitrogens with zero attached hydrogens (tertiary/aromatic N) is 5. The lowest BCUT2D eigenvalue weighted by Gasteiger charge is -2.40. The van der Waals surface area contributed by atoms with E-state index in [4.69, 9.17) is 10.7 Å². The third-order valence-electron chi connectivity index (χ3n) is 5.89. The number of carbonyl (C=O) groups is 1. The number of fused-ring (bicyclic) bond motifs is 1. The van der Waals surface area contributed by atoms with Gasteiger partial charge in [-0.15, -0.1) is 0 Å². The van der Waals surface area contributed by atoms with E-state index >= 15 is 0 Å². The Balaban J connectivity index is 1.47. The lowest BCUT2D eigenvalue weighted by Crippen LogP contribution is -2.54. The van der Waals surface area contributed by atoms with Crippen molar-refractivity contribution in [3.8, 4) is 11.3 Å². The van der Waals surface area contributed by atoms with Crippen LogP contribution in [-0.4, -0.2) is 51.4 Å². The van der Waals surface area contributed by atoms with Crippen LogP contribution in [0.5, 0.6) is 0 Å². The Morgan fingerprint density at radius 3 is 2.45 bits per heavy atom. The summed E-state index contributed by atoms with van der Waals surface area (Å²) in [5, 5.41) is 0. The van der Waals surface area contributed by atoms with E-state index in [1.807, 2.05) is 47.4 Å². The van der Waals surface area contributed by atoms with Crippen LogP contribution in [0.25, 0.3) is 22.3 Å². The van der Waals surface area contributed by atoms with Crippen molar-refractivity contribution in [2.45, 2.75) is 13.0 Å². The monoisotopic (exact) mass is 442 g/mol. The molecule has 0 spiro atoms. The van der Waals surface area contributed by atoms with Crippen LogP contribution < -0.4 is 10.6 Å². The van der Waals surface area contributed by atoms with E-state index in [9.17, 15) is 9.18 Å². The first kappa shape index (κ1) is 20.8. The largest absolute Gasteiger partial charge is 0.368 e. The minimum Gasteiger partial charge on any atom is -0.368 e. The highest BCUT2D eigenvalue weighted by Gasteiger charge is 2.30. The number of pyridine rings is 1. The summed E-state index contributed by atoms with van der Waals surface area (Å²) in [6.45, 7) is 3.75. The van der Waals surface area contributed by atoms with E-state index in [1.54, 1.807) is 12.1 Å². The Morgan fingerprint density at radius 2 is 1.73 bits per heavy atom.